The minimum atomic E-state index is -0.127. The van der Waals surface area contributed by atoms with Crippen molar-refractivity contribution in [1.29, 1.82) is 0 Å². The predicted molar refractivity (Wildman–Crippen MR) is 93.3 cm³/mol. The third-order valence-electron chi connectivity index (χ3n) is 4.44. The highest BCUT2D eigenvalue weighted by molar-refractivity contribution is 6.30. The Morgan fingerprint density at radius 3 is 2.92 bits per heavy atom. The number of aromatic nitrogens is 2. The fourth-order valence-electron chi connectivity index (χ4n) is 3.14. The zero-order chi connectivity index (χ0) is 17.6. The third-order valence-corrected chi connectivity index (χ3v) is 4.67. The fourth-order valence-corrected chi connectivity index (χ4v) is 3.29. The first-order valence-electron chi connectivity index (χ1n) is 7.88. The molecule has 1 N–H and O–H groups in total. The SMILES string of the molecule is COc1cc2c(cc1O)CCN(C(=O)c1cc3ccc(Cl)cn3n1)C2. The van der Waals surface area contributed by atoms with Crippen LogP contribution in [0.5, 0.6) is 11.5 Å². The first-order chi connectivity index (χ1) is 12.0. The number of hydrogen-bond acceptors (Lipinski definition) is 4. The molecule has 0 unspecified atom stereocenters. The van der Waals surface area contributed by atoms with E-state index >= 15 is 0 Å². The highest BCUT2D eigenvalue weighted by Gasteiger charge is 2.25. The van der Waals surface area contributed by atoms with Crippen LogP contribution in [0.4, 0.5) is 0 Å². The number of halogens is 1. The second kappa shape index (κ2) is 5.97. The predicted octanol–water partition coefficient (Wildman–Crippen LogP) is 2.90. The lowest BCUT2D eigenvalue weighted by atomic mass is 9.98. The Kier molecular flexibility index (Phi) is 3.77. The molecule has 1 aliphatic rings. The van der Waals surface area contributed by atoms with Gasteiger partial charge in [0.15, 0.2) is 17.2 Å². The molecule has 1 amide bonds. The molecule has 0 fully saturated rings. The third kappa shape index (κ3) is 2.78. The van der Waals surface area contributed by atoms with E-state index in [1.807, 2.05) is 6.07 Å². The number of phenolic OH excluding ortho intramolecular Hbond substituents is 1. The molecule has 3 heterocycles. The summed E-state index contributed by atoms with van der Waals surface area (Å²) in [6.45, 7) is 1.03. The number of phenols is 1. The summed E-state index contributed by atoms with van der Waals surface area (Å²) in [5.74, 6) is 0.409. The summed E-state index contributed by atoms with van der Waals surface area (Å²) in [4.78, 5) is 14.6. The van der Waals surface area contributed by atoms with E-state index in [2.05, 4.69) is 5.10 Å². The largest absolute Gasteiger partial charge is 0.504 e. The van der Waals surface area contributed by atoms with Crippen LogP contribution in [0.2, 0.25) is 5.02 Å². The van der Waals surface area contributed by atoms with Crippen LogP contribution in [0.15, 0.2) is 36.5 Å². The Balaban J connectivity index is 1.62. The molecule has 0 aliphatic carbocycles. The molecule has 1 aromatic carbocycles. The number of fused-ring (bicyclic) bond motifs is 2. The van der Waals surface area contributed by atoms with E-state index in [0.29, 0.717) is 36.0 Å². The zero-order valence-electron chi connectivity index (χ0n) is 13.6. The second-order valence-electron chi connectivity index (χ2n) is 6.02. The minimum Gasteiger partial charge on any atom is -0.504 e. The van der Waals surface area contributed by atoms with Gasteiger partial charge in [-0.3, -0.25) is 4.79 Å². The highest BCUT2D eigenvalue weighted by atomic mass is 35.5. The van der Waals surface area contributed by atoms with Gasteiger partial charge >= 0.3 is 0 Å². The fraction of sp³-hybridized carbons (Fsp3) is 0.222. The molecule has 25 heavy (non-hydrogen) atoms. The van der Waals surface area contributed by atoms with Gasteiger partial charge in [-0.05, 0) is 47.9 Å². The number of carbonyl (C=O) groups is 1. The summed E-state index contributed by atoms with van der Waals surface area (Å²) in [5, 5.41) is 14.8. The number of carbonyl (C=O) groups excluding carboxylic acids is 1. The van der Waals surface area contributed by atoms with Crippen molar-refractivity contribution >= 4 is 23.0 Å². The number of pyridine rings is 1. The lowest BCUT2D eigenvalue weighted by Gasteiger charge is -2.28. The molecule has 1 aliphatic heterocycles. The first-order valence-corrected chi connectivity index (χ1v) is 8.26. The number of ether oxygens (including phenoxy) is 1. The van der Waals surface area contributed by atoms with Crippen LogP contribution < -0.4 is 4.74 Å². The van der Waals surface area contributed by atoms with Crippen LogP contribution in [0.25, 0.3) is 5.52 Å². The van der Waals surface area contributed by atoms with Crippen molar-refractivity contribution in [2.75, 3.05) is 13.7 Å². The maximum Gasteiger partial charge on any atom is 0.274 e. The molecule has 0 saturated carbocycles. The zero-order valence-corrected chi connectivity index (χ0v) is 14.3. The van der Waals surface area contributed by atoms with Crippen molar-refractivity contribution in [3.05, 3.63) is 58.4 Å². The molecule has 7 heteroatoms. The average Bonchev–Trinajstić information content (AvgIpc) is 3.03. The molecule has 2 aromatic heterocycles. The number of aromatic hydroxyl groups is 1. The maximum atomic E-state index is 12.8. The van der Waals surface area contributed by atoms with Crippen LogP contribution in [0.3, 0.4) is 0 Å². The monoisotopic (exact) mass is 357 g/mol. The molecular formula is C18H16ClN3O3. The van der Waals surface area contributed by atoms with Crippen molar-refractivity contribution in [2.24, 2.45) is 0 Å². The van der Waals surface area contributed by atoms with Gasteiger partial charge in [-0.15, -0.1) is 0 Å². The van der Waals surface area contributed by atoms with E-state index in [-0.39, 0.29) is 11.7 Å². The number of hydrogen-bond donors (Lipinski definition) is 1. The van der Waals surface area contributed by atoms with Gasteiger partial charge in [0.25, 0.3) is 5.91 Å². The molecule has 0 bridgehead atoms. The Bertz CT molecular complexity index is 983. The topological polar surface area (TPSA) is 67.1 Å². The van der Waals surface area contributed by atoms with Crippen LogP contribution in [0, 0.1) is 0 Å². The molecule has 4 rings (SSSR count). The molecule has 3 aromatic rings. The number of benzene rings is 1. The average molecular weight is 358 g/mol. The van der Waals surface area contributed by atoms with E-state index in [0.717, 1.165) is 16.6 Å². The molecule has 0 saturated heterocycles. The number of amides is 1. The van der Waals surface area contributed by atoms with E-state index in [4.69, 9.17) is 16.3 Å². The quantitative estimate of drug-likeness (QED) is 0.765. The van der Waals surface area contributed by atoms with Crippen molar-refractivity contribution in [3.63, 3.8) is 0 Å². The van der Waals surface area contributed by atoms with Crippen molar-refractivity contribution in [1.82, 2.24) is 14.5 Å². The van der Waals surface area contributed by atoms with Gasteiger partial charge in [0.1, 0.15) is 0 Å². The van der Waals surface area contributed by atoms with Gasteiger partial charge in [-0.2, -0.15) is 5.10 Å². The Hall–Kier alpha value is -2.73. The summed E-state index contributed by atoms with van der Waals surface area (Å²) in [6, 6.07) is 8.84. The number of methoxy groups -OCH3 is 1. The van der Waals surface area contributed by atoms with Crippen LogP contribution in [0.1, 0.15) is 21.6 Å². The lowest BCUT2D eigenvalue weighted by Crippen LogP contribution is -2.36. The van der Waals surface area contributed by atoms with Crippen LogP contribution in [-0.4, -0.2) is 39.2 Å². The molecule has 0 spiro atoms. The maximum absolute atomic E-state index is 12.8. The number of nitrogens with zero attached hydrogens (tertiary/aromatic N) is 3. The summed E-state index contributed by atoms with van der Waals surface area (Å²) in [5.41, 5.74) is 3.21. The van der Waals surface area contributed by atoms with Gasteiger partial charge in [-0.1, -0.05) is 11.6 Å². The minimum absolute atomic E-state index is 0.123. The van der Waals surface area contributed by atoms with Crippen molar-refractivity contribution in [3.8, 4) is 11.5 Å². The Morgan fingerprint density at radius 1 is 1.28 bits per heavy atom. The second-order valence-corrected chi connectivity index (χ2v) is 6.45. The Morgan fingerprint density at radius 2 is 2.12 bits per heavy atom. The van der Waals surface area contributed by atoms with Gasteiger partial charge in [0, 0.05) is 19.3 Å². The first kappa shape index (κ1) is 15.8. The highest BCUT2D eigenvalue weighted by Crippen LogP contribution is 2.32. The molecule has 0 radical (unpaired) electrons. The van der Waals surface area contributed by atoms with E-state index in [1.165, 1.54) is 7.11 Å². The molecule has 6 nitrogen and oxygen atoms in total. The molecule has 0 atom stereocenters. The van der Waals surface area contributed by atoms with Crippen LogP contribution >= 0.6 is 11.6 Å². The van der Waals surface area contributed by atoms with Gasteiger partial charge in [0.05, 0.1) is 17.6 Å². The normalized spacial score (nSPS) is 13.8. The van der Waals surface area contributed by atoms with Gasteiger partial charge < -0.3 is 14.7 Å². The van der Waals surface area contributed by atoms with Crippen molar-refractivity contribution < 1.29 is 14.6 Å². The Labute approximate surface area is 149 Å². The summed E-state index contributed by atoms with van der Waals surface area (Å²) in [6.07, 6.45) is 2.35. The smallest absolute Gasteiger partial charge is 0.274 e. The van der Waals surface area contributed by atoms with Gasteiger partial charge in [0.2, 0.25) is 0 Å². The summed E-state index contributed by atoms with van der Waals surface area (Å²) in [7, 11) is 1.51. The number of rotatable bonds is 2. The molecule has 128 valence electrons. The van der Waals surface area contributed by atoms with Crippen molar-refractivity contribution in [2.45, 2.75) is 13.0 Å². The van der Waals surface area contributed by atoms with E-state index < -0.39 is 0 Å². The van der Waals surface area contributed by atoms with E-state index in [9.17, 15) is 9.90 Å². The molecular weight excluding hydrogens is 342 g/mol. The lowest BCUT2D eigenvalue weighted by molar-refractivity contribution is 0.0728. The van der Waals surface area contributed by atoms with Gasteiger partial charge in [-0.25, -0.2) is 4.52 Å². The van der Waals surface area contributed by atoms with Crippen LogP contribution in [-0.2, 0) is 13.0 Å². The standard InChI is InChI=1S/C18H16ClN3O3/c1-25-17-7-12-9-21(5-4-11(12)6-16(17)23)18(24)15-8-14-3-2-13(19)10-22(14)20-15/h2-3,6-8,10,23H,4-5,9H2,1H3. The summed E-state index contributed by atoms with van der Waals surface area (Å²) >= 11 is 5.97. The van der Waals surface area contributed by atoms with E-state index in [1.54, 1.807) is 39.9 Å². The summed E-state index contributed by atoms with van der Waals surface area (Å²) < 4.78 is 6.77.